The number of aromatic nitrogens is 2. The maximum Gasteiger partial charge on any atom is 0.287 e. The third-order valence-corrected chi connectivity index (χ3v) is 3.98. The lowest BCUT2D eigenvalue weighted by atomic mass is 10.0. The summed E-state index contributed by atoms with van der Waals surface area (Å²) in [7, 11) is 0. The molecule has 1 aliphatic heterocycles. The van der Waals surface area contributed by atoms with Crippen LogP contribution in [-0.2, 0) is 11.3 Å². The molecular formula is C14H22ClN3O2. The maximum atomic E-state index is 12.1. The van der Waals surface area contributed by atoms with Gasteiger partial charge in [-0.3, -0.25) is 4.79 Å². The van der Waals surface area contributed by atoms with Gasteiger partial charge in [-0.05, 0) is 19.3 Å². The predicted octanol–water partition coefficient (Wildman–Crippen LogP) is 2.39. The zero-order valence-electron chi connectivity index (χ0n) is 12.2. The quantitative estimate of drug-likeness (QED) is 0.907. The van der Waals surface area contributed by atoms with Crippen LogP contribution in [0.25, 0.3) is 0 Å². The summed E-state index contributed by atoms with van der Waals surface area (Å²) in [5, 5.41) is 7.60. The van der Waals surface area contributed by atoms with Crippen LogP contribution in [0.1, 0.15) is 27.2 Å². The number of rotatable bonds is 5. The molecule has 112 valence electrons. The van der Waals surface area contributed by atoms with Crippen molar-refractivity contribution in [2.75, 3.05) is 18.5 Å². The van der Waals surface area contributed by atoms with E-state index in [0.717, 1.165) is 19.6 Å². The smallest absolute Gasteiger partial charge is 0.287 e. The normalized spacial score (nSPS) is 22.4. The highest BCUT2D eigenvalue weighted by atomic mass is 35.5. The molecule has 1 aromatic heterocycles. The van der Waals surface area contributed by atoms with E-state index in [-0.39, 0.29) is 16.7 Å². The lowest BCUT2D eigenvalue weighted by Crippen LogP contribution is -2.27. The first-order valence-electron chi connectivity index (χ1n) is 7.10. The van der Waals surface area contributed by atoms with Crippen molar-refractivity contribution in [3.63, 3.8) is 0 Å². The molecule has 0 amide bonds. The zero-order chi connectivity index (χ0) is 14.7. The van der Waals surface area contributed by atoms with Gasteiger partial charge in [0.25, 0.3) is 5.56 Å². The van der Waals surface area contributed by atoms with Gasteiger partial charge in [-0.1, -0.05) is 25.4 Å². The van der Waals surface area contributed by atoms with Crippen LogP contribution in [0.2, 0.25) is 5.02 Å². The third kappa shape index (κ3) is 3.52. The Kier molecular flexibility index (Phi) is 5.05. The van der Waals surface area contributed by atoms with E-state index in [1.165, 1.54) is 4.68 Å². The van der Waals surface area contributed by atoms with Crippen molar-refractivity contribution in [1.29, 1.82) is 0 Å². The minimum Gasteiger partial charge on any atom is -0.382 e. The Labute approximate surface area is 124 Å². The van der Waals surface area contributed by atoms with Gasteiger partial charge in [0.1, 0.15) is 5.02 Å². The number of ether oxygens (including phenoxy) is 1. The van der Waals surface area contributed by atoms with Crippen LogP contribution in [0, 0.1) is 11.8 Å². The van der Waals surface area contributed by atoms with Gasteiger partial charge in [0, 0.05) is 25.6 Å². The van der Waals surface area contributed by atoms with E-state index in [1.807, 2.05) is 13.8 Å². The lowest BCUT2D eigenvalue weighted by molar-refractivity contribution is 0.108. The molecule has 0 aromatic carbocycles. The summed E-state index contributed by atoms with van der Waals surface area (Å²) >= 11 is 6.14. The van der Waals surface area contributed by atoms with E-state index in [1.54, 1.807) is 6.20 Å². The number of hydrogen-bond acceptors (Lipinski definition) is 4. The highest BCUT2D eigenvalue weighted by Crippen LogP contribution is 2.22. The number of anilines is 1. The SMILES string of the molecule is CC(C)Cn1ncc(NCC2CCOC2C)c(Cl)c1=O. The Hall–Kier alpha value is -1.07. The summed E-state index contributed by atoms with van der Waals surface area (Å²) in [6, 6.07) is 0. The van der Waals surface area contributed by atoms with Crippen LogP contribution >= 0.6 is 11.6 Å². The standard InChI is InChI=1S/C14H22ClN3O2/c1-9(2)8-18-14(19)13(15)12(7-17-18)16-6-11-4-5-20-10(11)3/h7,9-11,16H,4-6,8H2,1-3H3. The van der Waals surface area contributed by atoms with Gasteiger partial charge in [0.05, 0.1) is 18.0 Å². The Morgan fingerprint density at radius 1 is 1.60 bits per heavy atom. The van der Waals surface area contributed by atoms with Gasteiger partial charge in [0.15, 0.2) is 0 Å². The molecule has 5 nitrogen and oxygen atoms in total. The fourth-order valence-electron chi connectivity index (χ4n) is 2.35. The first-order valence-corrected chi connectivity index (χ1v) is 7.48. The van der Waals surface area contributed by atoms with E-state index in [0.29, 0.717) is 24.1 Å². The molecule has 6 heteroatoms. The molecule has 0 bridgehead atoms. The highest BCUT2D eigenvalue weighted by molar-refractivity contribution is 6.32. The first-order chi connectivity index (χ1) is 9.49. The van der Waals surface area contributed by atoms with Crippen LogP contribution in [0.4, 0.5) is 5.69 Å². The number of nitrogens with one attached hydrogen (secondary N) is 1. The molecule has 2 atom stereocenters. The summed E-state index contributed by atoms with van der Waals surface area (Å²) in [5.74, 6) is 0.802. The Bertz CT molecular complexity index is 516. The summed E-state index contributed by atoms with van der Waals surface area (Å²) in [4.78, 5) is 12.1. The second kappa shape index (κ2) is 6.59. The number of halogens is 1. The topological polar surface area (TPSA) is 56.1 Å². The number of nitrogens with zero attached hydrogens (tertiary/aromatic N) is 2. The molecule has 0 spiro atoms. The average molecular weight is 300 g/mol. The monoisotopic (exact) mass is 299 g/mol. The van der Waals surface area contributed by atoms with Crippen LogP contribution in [0.5, 0.6) is 0 Å². The summed E-state index contributed by atoms with van der Waals surface area (Å²) in [5.41, 5.74) is 0.372. The third-order valence-electron chi connectivity index (χ3n) is 3.61. The summed E-state index contributed by atoms with van der Waals surface area (Å²) in [6.07, 6.45) is 2.91. The van der Waals surface area contributed by atoms with Crippen LogP contribution in [-0.4, -0.2) is 29.0 Å². The van der Waals surface area contributed by atoms with Gasteiger partial charge in [-0.2, -0.15) is 5.10 Å². The molecular weight excluding hydrogens is 278 g/mol. The molecule has 20 heavy (non-hydrogen) atoms. The van der Waals surface area contributed by atoms with E-state index in [4.69, 9.17) is 16.3 Å². The fourth-order valence-corrected chi connectivity index (χ4v) is 2.56. The first kappa shape index (κ1) is 15.3. The molecule has 1 fully saturated rings. The molecule has 0 radical (unpaired) electrons. The van der Waals surface area contributed by atoms with Gasteiger partial charge in [-0.25, -0.2) is 4.68 Å². The summed E-state index contributed by atoms with van der Waals surface area (Å²) < 4.78 is 6.93. The maximum absolute atomic E-state index is 12.1. The van der Waals surface area contributed by atoms with Crippen LogP contribution in [0.15, 0.2) is 11.0 Å². The molecule has 0 aliphatic carbocycles. The Morgan fingerprint density at radius 2 is 2.35 bits per heavy atom. The molecule has 1 N–H and O–H groups in total. The van der Waals surface area contributed by atoms with Crippen molar-refractivity contribution in [1.82, 2.24) is 9.78 Å². The van der Waals surface area contributed by atoms with Crippen molar-refractivity contribution in [2.45, 2.75) is 39.8 Å². The molecule has 2 unspecified atom stereocenters. The van der Waals surface area contributed by atoms with Gasteiger partial charge < -0.3 is 10.1 Å². The second-order valence-electron chi connectivity index (χ2n) is 5.76. The predicted molar refractivity (Wildman–Crippen MR) is 80.4 cm³/mol. The molecule has 0 saturated carbocycles. The van der Waals surface area contributed by atoms with E-state index in [2.05, 4.69) is 17.3 Å². The van der Waals surface area contributed by atoms with E-state index in [9.17, 15) is 4.79 Å². The van der Waals surface area contributed by atoms with Crippen molar-refractivity contribution >= 4 is 17.3 Å². The number of hydrogen-bond donors (Lipinski definition) is 1. The summed E-state index contributed by atoms with van der Waals surface area (Å²) in [6.45, 7) is 8.27. The zero-order valence-corrected chi connectivity index (χ0v) is 13.0. The Morgan fingerprint density at radius 3 is 2.95 bits per heavy atom. The molecule has 2 heterocycles. The van der Waals surface area contributed by atoms with Crippen molar-refractivity contribution in [3.05, 3.63) is 21.6 Å². The van der Waals surface area contributed by atoms with Crippen LogP contribution < -0.4 is 10.9 Å². The van der Waals surface area contributed by atoms with Crippen LogP contribution in [0.3, 0.4) is 0 Å². The average Bonchev–Trinajstić information content (AvgIpc) is 2.79. The lowest BCUT2D eigenvalue weighted by Gasteiger charge is -2.16. The van der Waals surface area contributed by atoms with Gasteiger partial charge in [0.2, 0.25) is 0 Å². The van der Waals surface area contributed by atoms with Crippen molar-refractivity contribution in [3.8, 4) is 0 Å². The minimum atomic E-state index is -0.235. The van der Waals surface area contributed by atoms with Crippen molar-refractivity contribution in [2.24, 2.45) is 11.8 Å². The fraction of sp³-hybridized carbons (Fsp3) is 0.714. The van der Waals surface area contributed by atoms with Crippen molar-refractivity contribution < 1.29 is 4.74 Å². The molecule has 2 rings (SSSR count). The largest absolute Gasteiger partial charge is 0.382 e. The van der Waals surface area contributed by atoms with Gasteiger partial charge >= 0.3 is 0 Å². The minimum absolute atomic E-state index is 0.215. The molecule has 1 aromatic rings. The molecule has 1 aliphatic rings. The van der Waals surface area contributed by atoms with E-state index < -0.39 is 0 Å². The molecule has 1 saturated heterocycles. The van der Waals surface area contributed by atoms with Gasteiger partial charge in [-0.15, -0.1) is 0 Å². The second-order valence-corrected chi connectivity index (χ2v) is 6.14. The highest BCUT2D eigenvalue weighted by Gasteiger charge is 2.24. The Balaban J connectivity index is 2.05. The van der Waals surface area contributed by atoms with E-state index >= 15 is 0 Å².